The Labute approximate surface area is 155 Å². The molecule has 1 aromatic heterocycles. The Morgan fingerprint density at radius 1 is 1.12 bits per heavy atom. The second-order valence-corrected chi connectivity index (χ2v) is 7.27. The Bertz CT molecular complexity index is 951. The second-order valence-electron chi connectivity index (χ2n) is 6.36. The maximum Gasteiger partial charge on any atom is 0.265 e. The van der Waals surface area contributed by atoms with E-state index in [0.29, 0.717) is 17.2 Å². The highest BCUT2D eigenvalue weighted by Crippen LogP contribution is 2.27. The molecule has 132 valence electrons. The molecular weight excluding hydrogens is 349 g/mol. The SMILES string of the molecule is O=C(Nc1cccc(F)c1)c1cc(COc2ccc3c(c2)CCC3)cs1. The summed E-state index contributed by atoms with van der Waals surface area (Å²) in [6.45, 7) is 0.419. The van der Waals surface area contributed by atoms with Crippen molar-refractivity contribution >= 4 is 22.9 Å². The molecule has 0 unspecified atom stereocenters. The molecule has 0 radical (unpaired) electrons. The number of thiophene rings is 1. The lowest BCUT2D eigenvalue weighted by Gasteiger charge is -2.07. The molecule has 1 amide bonds. The molecule has 26 heavy (non-hydrogen) atoms. The van der Waals surface area contributed by atoms with E-state index in [0.717, 1.165) is 24.2 Å². The van der Waals surface area contributed by atoms with Crippen molar-refractivity contribution < 1.29 is 13.9 Å². The third kappa shape index (κ3) is 3.78. The minimum absolute atomic E-state index is 0.246. The van der Waals surface area contributed by atoms with Crippen LogP contribution >= 0.6 is 11.3 Å². The van der Waals surface area contributed by atoms with Crippen LogP contribution in [0.3, 0.4) is 0 Å². The molecule has 3 nitrogen and oxygen atoms in total. The molecule has 0 bridgehead atoms. The molecule has 0 saturated heterocycles. The van der Waals surface area contributed by atoms with E-state index in [1.165, 1.54) is 41.0 Å². The summed E-state index contributed by atoms with van der Waals surface area (Å²) in [5, 5.41) is 4.62. The van der Waals surface area contributed by atoms with Crippen LogP contribution < -0.4 is 10.1 Å². The molecule has 0 spiro atoms. The molecule has 0 fully saturated rings. The van der Waals surface area contributed by atoms with Crippen LogP contribution in [0.5, 0.6) is 5.75 Å². The van der Waals surface area contributed by atoms with Gasteiger partial charge in [0.15, 0.2) is 0 Å². The molecule has 1 N–H and O–H groups in total. The zero-order chi connectivity index (χ0) is 17.9. The average Bonchev–Trinajstić information content (AvgIpc) is 3.29. The third-order valence-corrected chi connectivity index (χ3v) is 5.41. The predicted octanol–water partition coefficient (Wildman–Crippen LogP) is 5.21. The summed E-state index contributed by atoms with van der Waals surface area (Å²) in [6.07, 6.45) is 3.49. The van der Waals surface area contributed by atoms with Crippen LogP contribution in [0, 0.1) is 5.82 Å². The number of nitrogens with one attached hydrogen (secondary N) is 1. The number of hydrogen-bond acceptors (Lipinski definition) is 3. The van der Waals surface area contributed by atoms with Crippen LogP contribution in [0.4, 0.5) is 10.1 Å². The van der Waals surface area contributed by atoms with Gasteiger partial charge in [0.05, 0.1) is 4.88 Å². The molecular formula is C21H18FNO2S. The van der Waals surface area contributed by atoms with E-state index < -0.39 is 0 Å². The van der Waals surface area contributed by atoms with E-state index in [2.05, 4.69) is 17.4 Å². The first-order chi connectivity index (χ1) is 12.7. The number of carbonyl (C=O) groups excluding carboxylic acids is 1. The largest absolute Gasteiger partial charge is 0.489 e. The van der Waals surface area contributed by atoms with Gasteiger partial charge in [0, 0.05) is 11.3 Å². The topological polar surface area (TPSA) is 38.3 Å². The minimum Gasteiger partial charge on any atom is -0.489 e. The number of halogens is 1. The Kier molecular flexibility index (Phi) is 4.71. The number of anilines is 1. The van der Waals surface area contributed by atoms with Gasteiger partial charge in [-0.25, -0.2) is 4.39 Å². The van der Waals surface area contributed by atoms with Gasteiger partial charge in [-0.2, -0.15) is 0 Å². The molecule has 1 aliphatic carbocycles. The highest BCUT2D eigenvalue weighted by molar-refractivity contribution is 7.12. The lowest BCUT2D eigenvalue weighted by Crippen LogP contribution is -2.10. The summed E-state index contributed by atoms with van der Waals surface area (Å²) in [5.74, 6) is 0.240. The number of fused-ring (bicyclic) bond motifs is 1. The van der Waals surface area contributed by atoms with Crippen molar-refractivity contribution in [1.29, 1.82) is 0 Å². The molecule has 3 aromatic rings. The van der Waals surface area contributed by atoms with E-state index in [-0.39, 0.29) is 11.7 Å². The maximum atomic E-state index is 13.2. The molecule has 0 atom stereocenters. The van der Waals surface area contributed by atoms with Crippen LogP contribution in [0.15, 0.2) is 53.9 Å². The highest BCUT2D eigenvalue weighted by Gasteiger charge is 2.13. The number of aryl methyl sites for hydroxylation is 2. The first-order valence-electron chi connectivity index (χ1n) is 8.56. The molecule has 0 aliphatic heterocycles. The van der Waals surface area contributed by atoms with Crippen molar-refractivity contribution in [2.24, 2.45) is 0 Å². The Balaban J connectivity index is 1.37. The summed E-state index contributed by atoms with van der Waals surface area (Å²) in [4.78, 5) is 12.8. The van der Waals surface area contributed by atoms with Gasteiger partial charge in [0.25, 0.3) is 5.91 Å². The van der Waals surface area contributed by atoms with Crippen molar-refractivity contribution in [1.82, 2.24) is 0 Å². The molecule has 5 heteroatoms. The number of carbonyl (C=O) groups is 1. The Hall–Kier alpha value is -2.66. The van der Waals surface area contributed by atoms with Gasteiger partial charge in [0.2, 0.25) is 0 Å². The smallest absolute Gasteiger partial charge is 0.265 e. The van der Waals surface area contributed by atoms with Crippen LogP contribution in [-0.4, -0.2) is 5.91 Å². The van der Waals surface area contributed by atoms with Gasteiger partial charge < -0.3 is 10.1 Å². The summed E-state index contributed by atoms with van der Waals surface area (Å²) in [5.41, 5.74) is 4.19. The molecule has 1 heterocycles. The lowest BCUT2D eigenvalue weighted by atomic mass is 10.1. The van der Waals surface area contributed by atoms with E-state index in [1.807, 2.05) is 17.5 Å². The van der Waals surface area contributed by atoms with Gasteiger partial charge in [-0.3, -0.25) is 4.79 Å². The van der Waals surface area contributed by atoms with Crippen molar-refractivity contribution in [3.05, 3.63) is 81.3 Å². The van der Waals surface area contributed by atoms with Gasteiger partial charge in [-0.1, -0.05) is 12.1 Å². The van der Waals surface area contributed by atoms with Gasteiger partial charge >= 0.3 is 0 Å². The quantitative estimate of drug-likeness (QED) is 0.672. The zero-order valence-electron chi connectivity index (χ0n) is 14.1. The van der Waals surface area contributed by atoms with Crippen LogP contribution in [-0.2, 0) is 19.4 Å². The highest BCUT2D eigenvalue weighted by atomic mass is 32.1. The summed E-state index contributed by atoms with van der Waals surface area (Å²) < 4.78 is 19.1. The predicted molar refractivity (Wildman–Crippen MR) is 101 cm³/mol. The molecule has 2 aromatic carbocycles. The average molecular weight is 367 g/mol. The normalized spacial score (nSPS) is 12.7. The summed E-state index contributed by atoms with van der Waals surface area (Å²) >= 11 is 1.35. The minimum atomic E-state index is -0.377. The molecule has 4 rings (SSSR count). The standard InChI is InChI=1S/C21H18FNO2S/c22-17-5-2-6-18(11-17)23-21(24)20-9-14(13-26-20)12-25-19-8-7-15-3-1-4-16(15)10-19/h2,5-11,13H,1,3-4,12H2,(H,23,24). The zero-order valence-corrected chi connectivity index (χ0v) is 14.9. The van der Waals surface area contributed by atoms with Gasteiger partial charge in [-0.05, 0) is 72.2 Å². The van der Waals surface area contributed by atoms with Crippen LogP contribution in [0.2, 0.25) is 0 Å². The van der Waals surface area contributed by atoms with E-state index in [4.69, 9.17) is 4.74 Å². The number of rotatable bonds is 5. The Morgan fingerprint density at radius 2 is 2.00 bits per heavy atom. The van der Waals surface area contributed by atoms with Gasteiger partial charge in [0.1, 0.15) is 18.2 Å². The number of benzene rings is 2. The Morgan fingerprint density at radius 3 is 2.88 bits per heavy atom. The summed E-state index contributed by atoms with van der Waals surface area (Å²) in [7, 11) is 0. The number of amides is 1. The monoisotopic (exact) mass is 367 g/mol. The molecule has 1 aliphatic rings. The lowest BCUT2D eigenvalue weighted by molar-refractivity contribution is 0.103. The first kappa shape index (κ1) is 16.8. The third-order valence-electron chi connectivity index (χ3n) is 4.44. The van der Waals surface area contributed by atoms with Crippen LogP contribution in [0.25, 0.3) is 0 Å². The van der Waals surface area contributed by atoms with Crippen molar-refractivity contribution in [3.63, 3.8) is 0 Å². The second kappa shape index (κ2) is 7.30. The molecule has 0 saturated carbocycles. The van der Waals surface area contributed by atoms with Crippen molar-refractivity contribution in [3.8, 4) is 5.75 Å². The number of ether oxygens (including phenoxy) is 1. The van der Waals surface area contributed by atoms with Crippen molar-refractivity contribution in [2.75, 3.05) is 5.32 Å². The number of hydrogen-bond donors (Lipinski definition) is 1. The van der Waals surface area contributed by atoms with E-state index in [9.17, 15) is 9.18 Å². The van der Waals surface area contributed by atoms with Crippen LogP contribution in [0.1, 0.15) is 32.8 Å². The van der Waals surface area contributed by atoms with Gasteiger partial charge in [-0.15, -0.1) is 11.3 Å². The van der Waals surface area contributed by atoms with E-state index in [1.54, 1.807) is 12.1 Å². The summed E-state index contributed by atoms with van der Waals surface area (Å²) in [6, 6.07) is 13.9. The fourth-order valence-electron chi connectivity index (χ4n) is 3.13. The fourth-order valence-corrected chi connectivity index (χ4v) is 3.93. The first-order valence-corrected chi connectivity index (χ1v) is 9.44. The van der Waals surface area contributed by atoms with E-state index >= 15 is 0 Å². The van der Waals surface area contributed by atoms with Crippen molar-refractivity contribution in [2.45, 2.75) is 25.9 Å². The fraction of sp³-hybridized carbons (Fsp3) is 0.190. The maximum absolute atomic E-state index is 13.2.